The molecular formula is C12H12N12O4. The van der Waals surface area contributed by atoms with Crippen LogP contribution in [-0.2, 0) is 14.1 Å². The van der Waals surface area contributed by atoms with Crippen LogP contribution in [0, 0.1) is 0 Å². The fraction of sp³-hybridized carbons (Fsp3) is 0.167. The first-order valence-electron chi connectivity index (χ1n) is 7.36. The summed E-state index contributed by atoms with van der Waals surface area (Å²) in [5, 5.41) is 14.3. The van der Waals surface area contributed by atoms with E-state index in [1.165, 1.54) is 26.7 Å². The predicted molar refractivity (Wildman–Crippen MR) is 89.1 cm³/mol. The summed E-state index contributed by atoms with van der Waals surface area (Å²) < 4.78 is 4.26. The molecule has 0 aromatic carbocycles. The monoisotopic (exact) mass is 388 g/mol. The number of carbonyl (C=O) groups is 2. The summed E-state index contributed by atoms with van der Waals surface area (Å²) in [5.41, 5.74) is 9.19. The van der Waals surface area contributed by atoms with Gasteiger partial charge in [-0.2, -0.15) is 9.36 Å². The minimum atomic E-state index is -0.741. The first-order valence-corrected chi connectivity index (χ1v) is 7.36. The predicted octanol–water partition coefficient (Wildman–Crippen LogP) is -4.16. The zero-order valence-electron chi connectivity index (χ0n) is 14.4. The van der Waals surface area contributed by atoms with Gasteiger partial charge in [0.05, 0.1) is 0 Å². The maximum absolute atomic E-state index is 11.4. The largest absolute Gasteiger partial charge is 0.364 e. The zero-order chi connectivity index (χ0) is 20.6. The Balaban J connectivity index is 0.000000161. The molecule has 0 radical (unpaired) electrons. The standard InChI is InChI=1S/2C6H6N6O2/c2*1-11-6(14)12-2-8-3(4(7)13)5(12)9-10-11/h2*2H,1H3,(H2,7,13). The number of rotatable bonds is 2. The highest BCUT2D eigenvalue weighted by molar-refractivity contribution is 5.97. The van der Waals surface area contributed by atoms with Crippen LogP contribution in [0.5, 0.6) is 0 Å². The number of nitrogens with two attached hydrogens (primary N) is 2. The van der Waals surface area contributed by atoms with Gasteiger partial charge in [-0.15, -0.1) is 10.2 Å². The Morgan fingerprint density at radius 1 is 0.786 bits per heavy atom. The summed E-state index contributed by atoms with van der Waals surface area (Å²) in [7, 11) is 2.89. The molecule has 0 aliphatic rings. The summed E-state index contributed by atoms with van der Waals surface area (Å²) in [4.78, 5) is 51.8. The Kier molecular flexibility index (Phi) is 4.36. The summed E-state index contributed by atoms with van der Waals surface area (Å²) in [5.74, 6) is -1.48. The molecule has 0 spiro atoms. The maximum Gasteiger partial charge on any atom is 0.352 e. The molecule has 0 bridgehead atoms. The number of imidazole rings is 2. The Bertz CT molecular complexity index is 1240. The van der Waals surface area contributed by atoms with E-state index in [0.717, 1.165) is 18.2 Å². The highest BCUT2D eigenvalue weighted by Gasteiger charge is 2.14. The molecule has 0 atom stereocenters. The lowest BCUT2D eigenvalue weighted by atomic mass is 10.4. The minimum absolute atomic E-state index is 0.0600. The van der Waals surface area contributed by atoms with Gasteiger partial charge in [0.2, 0.25) is 0 Å². The van der Waals surface area contributed by atoms with Gasteiger partial charge in [-0.05, 0) is 0 Å². The molecule has 0 aliphatic heterocycles. The highest BCUT2D eigenvalue weighted by Crippen LogP contribution is 2.01. The van der Waals surface area contributed by atoms with E-state index in [2.05, 4.69) is 30.6 Å². The Morgan fingerprint density at radius 3 is 1.46 bits per heavy atom. The van der Waals surface area contributed by atoms with Crippen molar-refractivity contribution in [2.24, 2.45) is 25.6 Å². The first-order chi connectivity index (χ1) is 13.2. The molecular weight excluding hydrogens is 376 g/mol. The van der Waals surface area contributed by atoms with Crippen LogP contribution in [0.3, 0.4) is 0 Å². The number of nitrogens with zero attached hydrogens (tertiary/aromatic N) is 10. The fourth-order valence-electron chi connectivity index (χ4n) is 2.11. The molecule has 4 aromatic rings. The van der Waals surface area contributed by atoms with Crippen LogP contribution < -0.4 is 22.8 Å². The molecule has 0 saturated heterocycles. The van der Waals surface area contributed by atoms with Crippen LogP contribution in [0.2, 0.25) is 0 Å². The van der Waals surface area contributed by atoms with Gasteiger partial charge in [-0.3, -0.25) is 9.59 Å². The molecule has 2 amide bonds. The van der Waals surface area contributed by atoms with Crippen molar-refractivity contribution in [2.45, 2.75) is 0 Å². The smallest absolute Gasteiger partial charge is 0.352 e. The second-order valence-electron chi connectivity index (χ2n) is 5.29. The van der Waals surface area contributed by atoms with Crippen LogP contribution in [0.15, 0.2) is 22.2 Å². The van der Waals surface area contributed by atoms with Crippen LogP contribution in [0.1, 0.15) is 21.0 Å². The van der Waals surface area contributed by atoms with Crippen molar-refractivity contribution in [2.75, 3.05) is 0 Å². The van der Waals surface area contributed by atoms with Gasteiger partial charge in [-0.25, -0.2) is 28.4 Å². The van der Waals surface area contributed by atoms with E-state index in [1.807, 2.05) is 0 Å². The number of aryl methyl sites for hydroxylation is 2. The number of carbonyl (C=O) groups excluding carboxylic acids is 2. The van der Waals surface area contributed by atoms with Crippen molar-refractivity contribution in [3.05, 3.63) is 45.0 Å². The molecule has 4 aromatic heterocycles. The van der Waals surface area contributed by atoms with Crippen molar-refractivity contribution < 1.29 is 9.59 Å². The summed E-state index contributed by atoms with van der Waals surface area (Å²) in [6.07, 6.45) is 2.37. The topological polar surface area (TPSA) is 216 Å². The van der Waals surface area contributed by atoms with Crippen molar-refractivity contribution in [1.82, 2.24) is 48.8 Å². The van der Waals surface area contributed by atoms with Gasteiger partial charge in [0.25, 0.3) is 11.8 Å². The molecule has 0 fully saturated rings. The van der Waals surface area contributed by atoms with E-state index in [0.29, 0.717) is 0 Å². The van der Waals surface area contributed by atoms with Crippen molar-refractivity contribution in [1.29, 1.82) is 0 Å². The summed E-state index contributed by atoms with van der Waals surface area (Å²) in [6, 6.07) is 0. The van der Waals surface area contributed by atoms with E-state index in [-0.39, 0.29) is 22.7 Å². The maximum atomic E-state index is 11.4. The lowest BCUT2D eigenvalue weighted by molar-refractivity contribution is 0.0989. The van der Waals surface area contributed by atoms with Crippen molar-refractivity contribution >= 4 is 23.1 Å². The molecule has 16 nitrogen and oxygen atoms in total. The number of aromatic nitrogens is 10. The lowest BCUT2D eigenvalue weighted by Crippen LogP contribution is -2.27. The minimum Gasteiger partial charge on any atom is -0.364 e. The van der Waals surface area contributed by atoms with Crippen molar-refractivity contribution in [3.8, 4) is 0 Å². The first kappa shape index (κ1) is 18.3. The molecule has 4 rings (SSSR count). The normalized spacial score (nSPS) is 10.6. The molecule has 0 saturated carbocycles. The molecule has 144 valence electrons. The molecule has 4 N–H and O–H groups in total. The van der Waals surface area contributed by atoms with E-state index in [9.17, 15) is 19.2 Å². The molecule has 0 aliphatic carbocycles. The van der Waals surface area contributed by atoms with Gasteiger partial charge in [0, 0.05) is 14.1 Å². The number of hydrogen-bond acceptors (Lipinski definition) is 10. The highest BCUT2D eigenvalue weighted by atomic mass is 16.2. The Morgan fingerprint density at radius 2 is 1.14 bits per heavy atom. The van der Waals surface area contributed by atoms with E-state index in [4.69, 9.17) is 11.5 Å². The van der Waals surface area contributed by atoms with Gasteiger partial charge in [-0.1, -0.05) is 10.4 Å². The zero-order valence-corrected chi connectivity index (χ0v) is 14.4. The average Bonchev–Trinajstić information content (AvgIpc) is 3.26. The SMILES string of the molecule is Cn1nnc2c(C(N)=O)ncn2c1=O.Cn1nnc2c(C(N)=O)ncn2c1=O. The van der Waals surface area contributed by atoms with Crippen LogP contribution in [-0.4, -0.2) is 60.6 Å². The number of amides is 2. The molecule has 28 heavy (non-hydrogen) atoms. The third-order valence-corrected chi connectivity index (χ3v) is 3.46. The van der Waals surface area contributed by atoms with Gasteiger partial charge in [0.15, 0.2) is 22.7 Å². The van der Waals surface area contributed by atoms with Gasteiger partial charge < -0.3 is 11.5 Å². The fourth-order valence-corrected chi connectivity index (χ4v) is 2.11. The molecule has 4 heterocycles. The van der Waals surface area contributed by atoms with E-state index in [1.54, 1.807) is 0 Å². The Labute approximate surface area is 153 Å². The average molecular weight is 388 g/mol. The second kappa shape index (κ2) is 6.67. The third-order valence-electron chi connectivity index (χ3n) is 3.46. The van der Waals surface area contributed by atoms with Crippen molar-refractivity contribution in [3.63, 3.8) is 0 Å². The van der Waals surface area contributed by atoms with Gasteiger partial charge >= 0.3 is 11.4 Å². The Hall–Kier alpha value is -4.50. The lowest BCUT2D eigenvalue weighted by Gasteiger charge is -1.95. The van der Waals surface area contributed by atoms with Crippen LogP contribution >= 0.6 is 0 Å². The number of fused-ring (bicyclic) bond motifs is 2. The molecule has 16 heteroatoms. The van der Waals surface area contributed by atoms with Crippen LogP contribution in [0.4, 0.5) is 0 Å². The third kappa shape index (κ3) is 2.93. The van der Waals surface area contributed by atoms with E-state index >= 15 is 0 Å². The van der Waals surface area contributed by atoms with E-state index < -0.39 is 23.2 Å². The number of primary amides is 2. The second-order valence-corrected chi connectivity index (χ2v) is 5.29. The van der Waals surface area contributed by atoms with Gasteiger partial charge in [0.1, 0.15) is 12.7 Å². The quantitative estimate of drug-likeness (QED) is 0.337. The molecule has 0 unspecified atom stereocenters. The van der Waals surface area contributed by atoms with Crippen LogP contribution in [0.25, 0.3) is 11.3 Å². The summed E-state index contributed by atoms with van der Waals surface area (Å²) >= 11 is 0. The summed E-state index contributed by atoms with van der Waals surface area (Å²) in [6.45, 7) is 0. The number of hydrogen-bond donors (Lipinski definition) is 2.